The lowest BCUT2D eigenvalue weighted by Crippen LogP contribution is -2.41. The Balaban J connectivity index is 4.47. The fraction of sp³-hybridized carbons (Fsp3) is 1.00. The summed E-state index contributed by atoms with van der Waals surface area (Å²) < 4.78 is 84.4. The first-order valence-corrected chi connectivity index (χ1v) is 12.5. The Labute approximate surface area is 186 Å². The lowest BCUT2D eigenvalue weighted by Gasteiger charge is -2.32. The largest absolute Gasteiger partial charge is 0.411 e. The van der Waals surface area contributed by atoms with Crippen LogP contribution in [0.4, 0.5) is 26.3 Å². The second-order valence-corrected chi connectivity index (χ2v) is 11.2. The van der Waals surface area contributed by atoms with Crippen LogP contribution in [0.3, 0.4) is 0 Å². The first-order valence-electron chi connectivity index (χ1n) is 11.1. The number of alkyl halides is 6. The normalized spacial score (nSPS) is 15.4. The van der Waals surface area contributed by atoms with E-state index < -0.39 is 31.4 Å². The van der Waals surface area contributed by atoms with E-state index in [2.05, 4.69) is 34.6 Å². The molecule has 2 unspecified atom stereocenters. The predicted octanol–water partition coefficient (Wildman–Crippen LogP) is 8.20. The molecular weight excluding hydrogens is 441 g/mol. The molecule has 0 bridgehead atoms. The Hall–Kier alpha value is -0.0700. The van der Waals surface area contributed by atoms with Crippen molar-refractivity contribution in [1.29, 1.82) is 0 Å². The molecule has 188 valence electrons. The lowest BCUT2D eigenvalue weighted by molar-refractivity contribution is -0.294. The molecule has 0 aromatic carbocycles. The molecule has 0 amide bonds. The van der Waals surface area contributed by atoms with Gasteiger partial charge >= 0.3 is 12.4 Å². The number of ether oxygens (including phenoxy) is 2. The first-order chi connectivity index (χ1) is 13.9. The fourth-order valence-electron chi connectivity index (χ4n) is 3.28. The molecule has 0 saturated carbocycles. The molecule has 0 saturated heterocycles. The predicted molar refractivity (Wildman–Crippen MR) is 116 cm³/mol. The molecule has 0 aliphatic rings. The van der Waals surface area contributed by atoms with Crippen LogP contribution in [0.1, 0.15) is 80.1 Å². The van der Waals surface area contributed by atoms with Gasteiger partial charge < -0.3 is 9.47 Å². The van der Waals surface area contributed by atoms with Gasteiger partial charge in [-0.25, -0.2) is 0 Å². The van der Waals surface area contributed by atoms with E-state index in [1.807, 2.05) is 0 Å². The average molecular weight is 483 g/mol. The molecule has 0 spiro atoms. The molecule has 0 radical (unpaired) electrons. The minimum absolute atomic E-state index is 0.00576. The summed E-state index contributed by atoms with van der Waals surface area (Å²) in [5.41, 5.74) is -0.0366. The molecular formula is C22H41F6O2P. The van der Waals surface area contributed by atoms with E-state index >= 15 is 0 Å². The zero-order chi connectivity index (χ0) is 24.3. The standard InChI is InChI=1S/C22H41F6O2P/c1-17(2)9-7-10-18(3)11-8-12-19(4,5)15-31-16-20(6,29-13-21(23,24)25)30-14-22(26,27)28/h17-18,31H,7-16H2,1-6H3. The minimum atomic E-state index is -4.63. The molecule has 0 rings (SSSR count). The molecule has 0 N–H and O–H groups in total. The minimum Gasteiger partial charge on any atom is -0.340 e. The summed E-state index contributed by atoms with van der Waals surface area (Å²) in [4.78, 5) is 0. The number of halogens is 6. The molecule has 0 aliphatic carbocycles. The van der Waals surface area contributed by atoms with Crippen molar-refractivity contribution in [3.63, 3.8) is 0 Å². The average Bonchev–Trinajstić information content (AvgIpc) is 2.56. The summed E-state index contributed by atoms with van der Waals surface area (Å²) in [6.45, 7) is 8.78. The summed E-state index contributed by atoms with van der Waals surface area (Å²) in [5.74, 6) is -0.533. The number of rotatable bonds is 16. The van der Waals surface area contributed by atoms with E-state index in [9.17, 15) is 26.3 Å². The maximum atomic E-state index is 12.5. The third-order valence-corrected chi connectivity index (χ3v) is 7.26. The van der Waals surface area contributed by atoms with E-state index in [4.69, 9.17) is 9.47 Å². The Kier molecular flexibility index (Phi) is 13.6. The molecule has 31 heavy (non-hydrogen) atoms. The zero-order valence-corrected chi connectivity index (χ0v) is 20.8. The van der Waals surface area contributed by atoms with Crippen LogP contribution in [-0.2, 0) is 9.47 Å². The van der Waals surface area contributed by atoms with Gasteiger partial charge in [-0.05, 0) is 36.8 Å². The first kappa shape index (κ1) is 30.9. The van der Waals surface area contributed by atoms with Crippen LogP contribution in [0.15, 0.2) is 0 Å². The lowest BCUT2D eigenvalue weighted by atomic mass is 9.87. The van der Waals surface area contributed by atoms with Gasteiger partial charge in [0, 0.05) is 6.16 Å². The molecule has 9 heteroatoms. The maximum absolute atomic E-state index is 12.5. The van der Waals surface area contributed by atoms with Gasteiger partial charge in [0.1, 0.15) is 13.2 Å². The van der Waals surface area contributed by atoms with Crippen LogP contribution in [-0.4, -0.2) is 43.7 Å². The van der Waals surface area contributed by atoms with Crippen molar-refractivity contribution in [3.8, 4) is 0 Å². The van der Waals surface area contributed by atoms with Crippen molar-refractivity contribution >= 4 is 8.58 Å². The fourth-order valence-corrected chi connectivity index (χ4v) is 4.91. The van der Waals surface area contributed by atoms with Gasteiger partial charge in [-0.1, -0.05) is 66.7 Å². The highest BCUT2D eigenvalue weighted by Crippen LogP contribution is 2.36. The van der Waals surface area contributed by atoms with E-state index in [0.717, 1.165) is 32.1 Å². The van der Waals surface area contributed by atoms with Crippen LogP contribution >= 0.6 is 8.58 Å². The monoisotopic (exact) mass is 482 g/mol. The Morgan fingerprint density at radius 2 is 1.19 bits per heavy atom. The second-order valence-electron chi connectivity index (χ2n) is 10.0. The zero-order valence-electron chi connectivity index (χ0n) is 19.8. The number of hydrogen-bond acceptors (Lipinski definition) is 2. The van der Waals surface area contributed by atoms with Gasteiger partial charge in [-0.3, -0.25) is 0 Å². The van der Waals surface area contributed by atoms with Crippen LogP contribution in [0.25, 0.3) is 0 Å². The highest BCUT2D eigenvalue weighted by molar-refractivity contribution is 7.38. The third-order valence-electron chi connectivity index (χ3n) is 5.16. The van der Waals surface area contributed by atoms with Crippen molar-refractivity contribution < 1.29 is 35.8 Å². The van der Waals surface area contributed by atoms with Gasteiger partial charge in [0.25, 0.3) is 0 Å². The molecule has 0 heterocycles. The summed E-state index contributed by atoms with van der Waals surface area (Å²) in [6, 6.07) is 0. The van der Waals surface area contributed by atoms with Crippen molar-refractivity contribution in [1.82, 2.24) is 0 Å². The number of hydrogen-bond donors (Lipinski definition) is 0. The van der Waals surface area contributed by atoms with E-state index in [1.54, 1.807) is 0 Å². The summed E-state index contributed by atoms with van der Waals surface area (Å²) >= 11 is 0. The van der Waals surface area contributed by atoms with Crippen molar-refractivity contribution in [3.05, 3.63) is 0 Å². The molecule has 0 aromatic rings. The highest BCUT2D eigenvalue weighted by atomic mass is 31.1. The van der Waals surface area contributed by atoms with E-state index in [-0.39, 0.29) is 20.2 Å². The van der Waals surface area contributed by atoms with Gasteiger partial charge in [-0.15, -0.1) is 8.58 Å². The van der Waals surface area contributed by atoms with Crippen molar-refractivity contribution in [2.75, 3.05) is 25.5 Å². The summed E-state index contributed by atoms with van der Waals surface area (Å²) in [7, 11) is 0.140. The molecule has 2 atom stereocenters. The quantitative estimate of drug-likeness (QED) is 0.125. The summed E-state index contributed by atoms with van der Waals surface area (Å²) in [6.07, 6.45) is -1.71. The van der Waals surface area contributed by atoms with Crippen molar-refractivity contribution in [2.24, 2.45) is 17.3 Å². The molecule has 0 fully saturated rings. The third kappa shape index (κ3) is 19.1. The summed E-state index contributed by atoms with van der Waals surface area (Å²) in [5, 5.41) is 0. The van der Waals surface area contributed by atoms with Crippen LogP contribution in [0, 0.1) is 17.3 Å². The second kappa shape index (κ2) is 13.6. The SMILES string of the molecule is CC(C)CCCC(C)CCCC(C)(C)CPCC(C)(OCC(F)(F)F)OCC(F)(F)F. The Morgan fingerprint density at radius 3 is 1.65 bits per heavy atom. The van der Waals surface area contributed by atoms with Gasteiger partial charge in [0.2, 0.25) is 0 Å². The highest BCUT2D eigenvalue weighted by Gasteiger charge is 2.38. The smallest absolute Gasteiger partial charge is 0.340 e. The van der Waals surface area contributed by atoms with Crippen LogP contribution in [0.5, 0.6) is 0 Å². The van der Waals surface area contributed by atoms with Gasteiger partial charge in [0.15, 0.2) is 5.79 Å². The molecule has 0 aromatic heterocycles. The van der Waals surface area contributed by atoms with Crippen LogP contribution < -0.4 is 0 Å². The van der Waals surface area contributed by atoms with Gasteiger partial charge in [-0.2, -0.15) is 26.3 Å². The molecule has 0 aliphatic heterocycles. The van der Waals surface area contributed by atoms with E-state index in [1.165, 1.54) is 19.3 Å². The Morgan fingerprint density at radius 1 is 0.710 bits per heavy atom. The maximum Gasteiger partial charge on any atom is 0.411 e. The van der Waals surface area contributed by atoms with Gasteiger partial charge in [0.05, 0.1) is 0 Å². The molecule has 2 nitrogen and oxygen atoms in total. The topological polar surface area (TPSA) is 18.5 Å². The van der Waals surface area contributed by atoms with Crippen LogP contribution in [0.2, 0.25) is 0 Å². The van der Waals surface area contributed by atoms with Crippen molar-refractivity contribution in [2.45, 2.75) is 98.2 Å². The van der Waals surface area contributed by atoms with E-state index in [0.29, 0.717) is 12.1 Å². The Bertz CT molecular complexity index is 460.